The summed E-state index contributed by atoms with van der Waals surface area (Å²) in [7, 11) is 1.63. The van der Waals surface area contributed by atoms with Gasteiger partial charge in [0.1, 0.15) is 5.76 Å². The van der Waals surface area contributed by atoms with E-state index in [1.807, 2.05) is 19.9 Å². The second-order valence-corrected chi connectivity index (χ2v) is 5.73. The van der Waals surface area contributed by atoms with Gasteiger partial charge in [0, 0.05) is 25.1 Å². The molecule has 1 aliphatic heterocycles. The number of aliphatic carboxylic acids is 1. The van der Waals surface area contributed by atoms with E-state index >= 15 is 0 Å². The molecule has 0 aliphatic carbocycles. The van der Waals surface area contributed by atoms with Gasteiger partial charge in [-0.1, -0.05) is 6.92 Å². The summed E-state index contributed by atoms with van der Waals surface area (Å²) in [6.07, 6.45) is -0.0602. The minimum Gasteiger partial charge on any atom is -0.480 e. The summed E-state index contributed by atoms with van der Waals surface area (Å²) in [5.74, 6) is -0.179. The molecule has 22 heavy (non-hydrogen) atoms. The molecule has 2 atom stereocenters. The van der Waals surface area contributed by atoms with Gasteiger partial charge in [0.2, 0.25) is 0 Å². The topological polar surface area (TPSA) is 94.2 Å². The number of aliphatic hydroxyl groups excluding tert-OH is 1. The molecule has 1 aliphatic rings. The summed E-state index contributed by atoms with van der Waals surface area (Å²) in [5, 5.41) is 18.9. The van der Waals surface area contributed by atoms with Crippen LogP contribution in [0.1, 0.15) is 28.8 Å². The summed E-state index contributed by atoms with van der Waals surface area (Å²) in [4.78, 5) is 26.4. The Bertz CT molecular complexity index is 568. The standard InChI is InChI=1S/C15H22N2O5/c1-4-10-5-9(2)14(22-10)15(21)17-6-11(12(18)7-17)16(3)8-13(19)20/h5,11-12,18H,4,6-8H2,1-3H3,(H,19,20)/t11?,12-/m1/s1. The molecule has 1 saturated heterocycles. The molecule has 1 amide bonds. The molecule has 7 nitrogen and oxygen atoms in total. The van der Waals surface area contributed by atoms with Gasteiger partial charge in [-0.3, -0.25) is 14.5 Å². The van der Waals surface area contributed by atoms with Gasteiger partial charge in [0.05, 0.1) is 18.7 Å². The minimum absolute atomic E-state index is 0.176. The summed E-state index contributed by atoms with van der Waals surface area (Å²) in [5.41, 5.74) is 0.777. The Labute approximate surface area is 129 Å². The summed E-state index contributed by atoms with van der Waals surface area (Å²) < 4.78 is 5.55. The molecule has 2 heterocycles. The van der Waals surface area contributed by atoms with E-state index in [0.717, 1.165) is 11.3 Å². The summed E-state index contributed by atoms with van der Waals surface area (Å²) >= 11 is 0. The molecule has 1 unspecified atom stereocenters. The molecule has 7 heteroatoms. The molecular formula is C15H22N2O5. The Balaban J connectivity index is 2.09. The quantitative estimate of drug-likeness (QED) is 0.815. The van der Waals surface area contributed by atoms with Crippen LogP contribution >= 0.6 is 0 Å². The van der Waals surface area contributed by atoms with Crippen LogP contribution in [0.4, 0.5) is 0 Å². The maximum atomic E-state index is 12.5. The number of aliphatic hydroxyl groups is 1. The molecule has 0 radical (unpaired) electrons. The van der Waals surface area contributed by atoms with Gasteiger partial charge in [-0.2, -0.15) is 0 Å². The summed E-state index contributed by atoms with van der Waals surface area (Å²) in [6, 6.07) is 1.45. The molecule has 1 aromatic heterocycles. The van der Waals surface area contributed by atoms with E-state index in [1.165, 1.54) is 4.90 Å². The molecular weight excluding hydrogens is 288 g/mol. The van der Waals surface area contributed by atoms with E-state index < -0.39 is 12.1 Å². The Hall–Kier alpha value is -1.86. The highest BCUT2D eigenvalue weighted by atomic mass is 16.4. The van der Waals surface area contributed by atoms with Crippen LogP contribution < -0.4 is 0 Å². The van der Waals surface area contributed by atoms with Gasteiger partial charge in [-0.05, 0) is 20.0 Å². The highest BCUT2D eigenvalue weighted by Crippen LogP contribution is 2.22. The van der Waals surface area contributed by atoms with Gasteiger partial charge in [-0.15, -0.1) is 0 Å². The van der Waals surface area contributed by atoms with E-state index in [-0.39, 0.29) is 31.6 Å². The van der Waals surface area contributed by atoms with E-state index in [2.05, 4.69) is 0 Å². The van der Waals surface area contributed by atoms with Crippen LogP contribution in [0.15, 0.2) is 10.5 Å². The first-order valence-electron chi connectivity index (χ1n) is 7.32. The van der Waals surface area contributed by atoms with Gasteiger partial charge in [0.25, 0.3) is 5.91 Å². The third-order valence-corrected chi connectivity index (χ3v) is 4.01. The van der Waals surface area contributed by atoms with E-state index in [0.29, 0.717) is 12.2 Å². The van der Waals surface area contributed by atoms with Gasteiger partial charge < -0.3 is 19.5 Å². The second kappa shape index (κ2) is 6.50. The zero-order chi connectivity index (χ0) is 16.4. The predicted molar refractivity (Wildman–Crippen MR) is 78.8 cm³/mol. The second-order valence-electron chi connectivity index (χ2n) is 5.73. The number of β-amino-alcohol motifs (C(OH)–C–C–N with tert-alkyl or cyclic N) is 1. The first-order valence-corrected chi connectivity index (χ1v) is 7.32. The van der Waals surface area contributed by atoms with Crippen LogP contribution in [-0.2, 0) is 11.2 Å². The fourth-order valence-corrected chi connectivity index (χ4v) is 2.78. The molecule has 0 aromatic carbocycles. The van der Waals surface area contributed by atoms with Crippen molar-refractivity contribution in [3.05, 3.63) is 23.2 Å². The molecule has 0 spiro atoms. The molecule has 2 rings (SSSR count). The van der Waals surface area contributed by atoms with Crippen LogP contribution in [0.5, 0.6) is 0 Å². The zero-order valence-corrected chi connectivity index (χ0v) is 13.1. The van der Waals surface area contributed by atoms with E-state index in [9.17, 15) is 14.7 Å². The monoisotopic (exact) mass is 310 g/mol. The van der Waals surface area contributed by atoms with Crippen molar-refractivity contribution in [2.75, 3.05) is 26.7 Å². The summed E-state index contributed by atoms with van der Waals surface area (Å²) in [6.45, 7) is 4.05. The number of carboxylic acids is 1. The number of furan rings is 1. The maximum absolute atomic E-state index is 12.5. The number of likely N-dealkylation sites (N-methyl/N-ethyl adjacent to an activating group) is 1. The number of amides is 1. The smallest absolute Gasteiger partial charge is 0.317 e. The van der Waals surface area contributed by atoms with E-state index in [4.69, 9.17) is 9.52 Å². The van der Waals surface area contributed by atoms with Crippen molar-refractivity contribution in [1.29, 1.82) is 0 Å². The Morgan fingerprint density at radius 2 is 2.14 bits per heavy atom. The van der Waals surface area contributed by atoms with Crippen LogP contribution in [0.3, 0.4) is 0 Å². The van der Waals surface area contributed by atoms with Crippen LogP contribution in [-0.4, -0.2) is 70.7 Å². The minimum atomic E-state index is -0.964. The fraction of sp³-hybridized carbons (Fsp3) is 0.600. The number of aryl methyl sites for hydroxylation is 2. The van der Waals surface area contributed by atoms with E-state index in [1.54, 1.807) is 11.9 Å². The van der Waals surface area contributed by atoms with Crippen molar-refractivity contribution in [2.45, 2.75) is 32.4 Å². The number of carbonyl (C=O) groups excluding carboxylic acids is 1. The Morgan fingerprint density at radius 1 is 1.45 bits per heavy atom. The van der Waals surface area contributed by atoms with Crippen LogP contribution in [0.2, 0.25) is 0 Å². The predicted octanol–water partition coefficient (Wildman–Crippen LogP) is 0.352. The molecule has 1 aromatic rings. The average Bonchev–Trinajstić information content (AvgIpc) is 3.00. The lowest BCUT2D eigenvalue weighted by Crippen LogP contribution is -2.43. The zero-order valence-electron chi connectivity index (χ0n) is 13.1. The maximum Gasteiger partial charge on any atom is 0.317 e. The van der Waals surface area contributed by atoms with Crippen molar-refractivity contribution < 1.29 is 24.2 Å². The van der Waals surface area contributed by atoms with Crippen molar-refractivity contribution in [3.63, 3.8) is 0 Å². The molecule has 1 fully saturated rings. The normalized spacial score (nSPS) is 21.6. The largest absolute Gasteiger partial charge is 0.480 e. The third-order valence-electron chi connectivity index (χ3n) is 4.01. The Morgan fingerprint density at radius 3 is 2.68 bits per heavy atom. The highest BCUT2D eigenvalue weighted by molar-refractivity contribution is 5.93. The average molecular weight is 310 g/mol. The lowest BCUT2D eigenvalue weighted by molar-refractivity contribution is -0.138. The number of rotatable bonds is 5. The molecule has 0 saturated carbocycles. The number of carbonyl (C=O) groups is 2. The number of nitrogens with zero attached hydrogens (tertiary/aromatic N) is 2. The first-order chi connectivity index (χ1) is 10.3. The Kier molecular flexibility index (Phi) is 4.87. The van der Waals surface area contributed by atoms with Crippen molar-refractivity contribution in [2.24, 2.45) is 0 Å². The van der Waals surface area contributed by atoms with Gasteiger partial charge in [-0.25, -0.2) is 0 Å². The lowest BCUT2D eigenvalue weighted by atomic mass is 10.2. The molecule has 0 bridgehead atoms. The first kappa shape index (κ1) is 16.5. The number of likely N-dealkylation sites (tertiary alicyclic amines) is 1. The molecule has 122 valence electrons. The van der Waals surface area contributed by atoms with Crippen molar-refractivity contribution in [3.8, 4) is 0 Å². The SMILES string of the molecule is CCc1cc(C)c(C(=O)N2CC(N(C)CC(=O)O)[C@H](O)C2)o1. The number of hydrogen-bond donors (Lipinski definition) is 2. The van der Waals surface area contributed by atoms with Crippen molar-refractivity contribution >= 4 is 11.9 Å². The third kappa shape index (κ3) is 3.31. The number of hydrogen-bond acceptors (Lipinski definition) is 5. The van der Waals surface area contributed by atoms with Crippen LogP contribution in [0.25, 0.3) is 0 Å². The number of carboxylic acid groups (broad SMARTS) is 1. The highest BCUT2D eigenvalue weighted by Gasteiger charge is 2.38. The van der Waals surface area contributed by atoms with Gasteiger partial charge in [0.15, 0.2) is 5.76 Å². The van der Waals surface area contributed by atoms with Gasteiger partial charge >= 0.3 is 5.97 Å². The lowest BCUT2D eigenvalue weighted by Gasteiger charge is -2.24. The van der Waals surface area contributed by atoms with Crippen molar-refractivity contribution in [1.82, 2.24) is 9.80 Å². The van der Waals surface area contributed by atoms with Crippen LogP contribution in [0, 0.1) is 6.92 Å². The molecule has 2 N–H and O–H groups in total. The fourth-order valence-electron chi connectivity index (χ4n) is 2.78.